The highest BCUT2D eigenvalue weighted by Crippen LogP contribution is 2.57. The molecule has 2 aromatic rings. The zero-order chi connectivity index (χ0) is 13.1. The van der Waals surface area contributed by atoms with Gasteiger partial charge in [-0.15, -0.1) is 0 Å². The maximum Gasteiger partial charge on any atom is 0.142 e. The van der Waals surface area contributed by atoms with Crippen LogP contribution in [0.1, 0.15) is 34.2 Å². The number of hydrogen-bond acceptors (Lipinski definition) is 2. The van der Waals surface area contributed by atoms with Crippen molar-refractivity contribution >= 4 is 5.69 Å². The molecule has 0 unspecified atom stereocenters. The highest BCUT2D eigenvalue weighted by Gasteiger charge is 2.44. The van der Waals surface area contributed by atoms with E-state index in [0.717, 1.165) is 17.7 Å². The van der Waals surface area contributed by atoms with Crippen LogP contribution in [0.5, 0.6) is 5.75 Å². The van der Waals surface area contributed by atoms with Gasteiger partial charge in [0.15, 0.2) is 0 Å². The van der Waals surface area contributed by atoms with Gasteiger partial charge < -0.3 is 10.0 Å². The fraction of sp³-hybridized carbons (Fsp3) is 0.294. The summed E-state index contributed by atoms with van der Waals surface area (Å²) in [5, 5.41) is 10.4. The number of nitrogens with zero attached hydrogens (tertiary/aromatic N) is 1. The van der Waals surface area contributed by atoms with Crippen LogP contribution in [0.15, 0.2) is 36.4 Å². The number of fused-ring (bicyclic) bond motifs is 5. The van der Waals surface area contributed by atoms with E-state index in [-0.39, 0.29) is 0 Å². The van der Waals surface area contributed by atoms with Crippen molar-refractivity contribution in [1.82, 2.24) is 0 Å². The van der Waals surface area contributed by atoms with Gasteiger partial charge in [-0.25, -0.2) is 0 Å². The van der Waals surface area contributed by atoms with Gasteiger partial charge in [0.2, 0.25) is 0 Å². The summed E-state index contributed by atoms with van der Waals surface area (Å²) < 4.78 is 0. The molecule has 2 aliphatic rings. The van der Waals surface area contributed by atoms with Crippen molar-refractivity contribution < 1.29 is 5.11 Å². The monoisotopic (exact) mass is 251 g/mol. The van der Waals surface area contributed by atoms with Gasteiger partial charge in [-0.1, -0.05) is 36.4 Å². The first-order valence-electron chi connectivity index (χ1n) is 6.81. The van der Waals surface area contributed by atoms with Crippen molar-refractivity contribution in [1.29, 1.82) is 0 Å². The highest BCUT2D eigenvalue weighted by molar-refractivity contribution is 5.73. The molecule has 0 bridgehead atoms. The van der Waals surface area contributed by atoms with E-state index in [1.807, 2.05) is 13.0 Å². The molecule has 1 heterocycles. The Kier molecular flexibility index (Phi) is 2.03. The molecule has 0 spiro atoms. The Morgan fingerprint density at radius 3 is 2.74 bits per heavy atom. The Morgan fingerprint density at radius 2 is 1.89 bits per heavy atom. The van der Waals surface area contributed by atoms with E-state index in [0.29, 0.717) is 17.7 Å². The molecule has 2 nitrogen and oxygen atoms in total. The lowest BCUT2D eigenvalue weighted by Gasteiger charge is -2.23. The molecule has 0 fully saturated rings. The second-order valence-electron chi connectivity index (χ2n) is 5.73. The maximum absolute atomic E-state index is 10.4. The molecule has 4 rings (SSSR count). The average Bonchev–Trinajstić information content (AvgIpc) is 2.91. The van der Waals surface area contributed by atoms with Gasteiger partial charge in [0.05, 0.1) is 11.7 Å². The van der Waals surface area contributed by atoms with E-state index in [1.165, 1.54) is 16.7 Å². The van der Waals surface area contributed by atoms with Crippen molar-refractivity contribution in [3.05, 3.63) is 58.7 Å². The molecule has 19 heavy (non-hydrogen) atoms. The van der Waals surface area contributed by atoms with Gasteiger partial charge in [-0.2, -0.15) is 0 Å². The second-order valence-corrected chi connectivity index (χ2v) is 5.73. The predicted octanol–water partition coefficient (Wildman–Crippen LogP) is 3.53. The molecule has 0 aromatic heterocycles. The Morgan fingerprint density at radius 1 is 1.11 bits per heavy atom. The topological polar surface area (TPSA) is 23.5 Å². The Balaban J connectivity index is 1.92. The summed E-state index contributed by atoms with van der Waals surface area (Å²) in [6.07, 6.45) is 1.08. The van der Waals surface area contributed by atoms with Crippen LogP contribution < -0.4 is 4.90 Å². The fourth-order valence-electron chi connectivity index (χ4n) is 3.84. The molecule has 2 atom stereocenters. The summed E-state index contributed by atoms with van der Waals surface area (Å²) in [4.78, 5) is 2.26. The number of anilines is 1. The van der Waals surface area contributed by atoms with Crippen molar-refractivity contribution in [3.63, 3.8) is 0 Å². The third-order valence-corrected chi connectivity index (χ3v) is 4.75. The first-order valence-corrected chi connectivity index (χ1v) is 6.81. The molecule has 0 radical (unpaired) electrons. The molecule has 2 aromatic carbocycles. The van der Waals surface area contributed by atoms with E-state index in [2.05, 4.69) is 42.3 Å². The van der Waals surface area contributed by atoms with E-state index in [4.69, 9.17) is 0 Å². The van der Waals surface area contributed by atoms with Crippen molar-refractivity contribution in [2.24, 2.45) is 0 Å². The lowest BCUT2D eigenvalue weighted by Crippen LogP contribution is -2.19. The molecular formula is C17H17NO. The largest absolute Gasteiger partial charge is 0.505 e. The number of aromatic hydroxyl groups is 1. The number of benzene rings is 2. The SMILES string of the molecule is Cc1ccc2c(c1O)N(C)[C@H]1c3ccccc3C[C@H]21. The minimum atomic E-state index is 0.388. The Labute approximate surface area is 113 Å². The molecule has 2 heteroatoms. The summed E-state index contributed by atoms with van der Waals surface area (Å²) in [6.45, 7) is 1.96. The van der Waals surface area contributed by atoms with Crippen LogP contribution in [0.3, 0.4) is 0 Å². The molecule has 0 amide bonds. The minimum absolute atomic E-state index is 0.388. The number of hydrogen-bond donors (Lipinski definition) is 1. The van der Waals surface area contributed by atoms with Crippen LogP contribution in [-0.4, -0.2) is 12.2 Å². The fourth-order valence-corrected chi connectivity index (χ4v) is 3.84. The van der Waals surface area contributed by atoms with Crippen molar-refractivity contribution in [2.45, 2.75) is 25.3 Å². The van der Waals surface area contributed by atoms with E-state index < -0.39 is 0 Å². The van der Waals surface area contributed by atoms with Gasteiger partial charge in [-0.05, 0) is 35.6 Å². The van der Waals surface area contributed by atoms with Gasteiger partial charge >= 0.3 is 0 Å². The second kappa shape index (κ2) is 3.53. The van der Waals surface area contributed by atoms with Crippen LogP contribution in [0, 0.1) is 6.92 Å². The third-order valence-electron chi connectivity index (χ3n) is 4.75. The standard InChI is InChI=1S/C17H17NO/c1-10-7-8-13-14-9-11-5-3-4-6-12(11)15(14)18(2)16(13)17(10)19/h3-8,14-15,19H,9H2,1-2H3/t14-,15+/m1/s1. The number of aryl methyl sites for hydroxylation is 1. The summed E-state index contributed by atoms with van der Waals surface area (Å²) in [5.41, 5.74) is 6.16. The first kappa shape index (κ1) is 10.9. The molecule has 0 saturated carbocycles. The summed E-state index contributed by atoms with van der Waals surface area (Å²) >= 11 is 0. The molecule has 1 aliphatic heterocycles. The highest BCUT2D eigenvalue weighted by atomic mass is 16.3. The zero-order valence-corrected chi connectivity index (χ0v) is 11.2. The molecule has 0 saturated heterocycles. The molecular weight excluding hydrogens is 234 g/mol. The predicted molar refractivity (Wildman–Crippen MR) is 76.9 cm³/mol. The van der Waals surface area contributed by atoms with Gasteiger partial charge in [0.1, 0.15) is 5.75 Å². The average molecular weight is 251 g/mol. The number of phenolic OH excluding ortho intramolecular Hbond substituents is 1. The van der Waals surface area contributed by atoms with Crippen LogP contribution in [0.4, 0.5) is 5.69 Å². The van der Waals surface area contributed by atoms with Crippen LogP contribution in [-0.2, 0) is 6.42 Å². The minimum Gasteiger partial charge on any atom is -0.505 e. The van der Waals surface area contributed by atoms with Crippen molar-refractivity contribution in [3.8, 4) is 5.75 Å². The Bertz CT molecular complexity index is 677. The third kappa shape index (κ3) is 1.26. The summed E-state index contributed by atoms with van der Waals surface area (Å²) in [5.74, 6) is 0.941. The molecule has 96 valence electrons. The smallest absolute Gasteiger partial charge is 0.142 e. The van der Waals surface area contributed by atoms with E-state index in [1.54, 1.807) is 0 Å². The van der Waals surface area contributed by atoms with E-state index >= 15 is 0 Å². The zero-order valence-electron chi connectivity index (χ0n) is 11.2. The van der Waals surface area contributed by atoms with E-state index in [9.17, 15) is 5.11 Å². The molecule has 1 aliphatic carbocycles. The number of rotatable bonds is 0. The Hall–Kier alpha value is -1.96. The number of phenols is 1. The summed E-state index contributed by atoms with van der Waals surface area (Å²) in [7, 11) is 2.10. The molecule has 1 N–H and O–H groups in total. The first-order chi connectivity index (χ1) is 9.18. The lowest BCUT2D eigenvalue weighted by atomic mass is 9.95. The normalized spacial score (nSPS) is 23.2. The quantitative estimate of drug-likeness (QED) is 0.774. The van der Waals surface area contributed by atoms with Gasteiger partial charge in [0, 0.05) is 13.0 Å². The maximum atomic E-state index is 10.4. The lowest BCUT2D eigenvalue weighted by molar-refractivity contribution is 0.471. The van der Waals surface area contributed by atoms with Crippen LogP contribution in [0.2, 0.25) is 0 Å². The van der Waals surface area contributed by atoms with Gasteiger partial charge in [0.25, 0.3) is 0 Å². The summed E-state index contributed by atoms with van der Waals surface area (Å²) in [6, 6.07) is 13.3. The van der Waals surface area contributed by atoms with Crippen LogP contribution >= 0.6 is 0 Å². The van der Waals surface area contributed by atoms with Crippen molar-refractivity contribution in [2.75, 3.05) is 11.9 Å². The number of likely N-dealkylation sites (N-methyl/N-ethyl adjacent to an activating group) is 1. The van der Waals surface area contributed by atoms with Gasteiger partial charge in [-0.3, -0.25) is 0 Å². The van der Waals surface area contributed by atoms with Crippen LogP contribution in [0.25, 0.3) is 0 Å².